The minimum Gasteiger partial charge on any atom is -0.325 e. The van der Waals surface area contributed by atoms with Gasteiger partial charge in [-0.25, -0.2) is 4.98 Å². The molecule has 142 valence electrons. The van der Waals surface area contributed by atoms with Crippen molar-refractivity contribution in [1.29, 1.82) is 0 Å². The van der Waals surface area contributed by atoms with E-state index < -0.39 is 0 Å². The largest absolute Gasteiger partial charge is 0.325 e. The molecule has 1 aromatic carbocycles. The summed E-state index contributed by atoms with van der Waals surface area (Å²) in [5, 5.41) is 8.16. The number of nitrogens with one attached hydrogen (secondary N) is 1. The van der Waals surface area contributed by atoms with Gasteiger partial charge in [-0.05, 0) is 30.2 Å². The Morgan fingerprint density at radius 3 is 2.82 bits per heavy atom. The molecular formula is C21H21N5O2. The van der Waals surface area contributed by atoms with Crippen LogP contribution in [0.15, 0.2) is 42.7 Å². The zero-order chi connectivity index (χ0) is 19.8. The van der Waals surface area contributed by atoms with Crippen molar-refractivity contribution in [2.24, 2.45) is 7.05 Å². The summed E-state index contributed by atoms with van der Waals surface area (Å²) in [5.41, 5.74) is 4.22. The maximum Gasteiger partial charge on any atom is 0.226 e. The molecule has 3 aromatic rings. The molecule has 0 saturated heterocycles. The third kappa shape index (κ3) is 3.15. The molecule has 1 unspecified atom stereocenters. The lowest BCUT2D eigenvalue weighted by atomic mass is 9.93. The third-order valence-corrected chi connectivity index (χ3v) is 4.99. The fraction of sp³-hybridized carbons (Fsp3) is 0.238. The predicted molar refractivity (Wildman–Crippen MR) is 107 cm³/mol. The van der Waals surface area contributed by atoms with Gasteiger partial charge in [0.15, 0.2) is 5.65 Å². The van der Waals surface area contributed by atoms with E-state index in [9.17, 15) is 9.59 Å². The van der Waals surface area contributed by atoms with Crippen LogP contribution in [-0.2, 0) is 16.6 Å². The van der Waals surface area contributed by atoms with Gasteiger partial charge < -0.3 is 10.2 Å². The summed E-state index contributed by atoms with van der Waals surface area (Å²) in [4.78, 5) is 30.8. The molecule has 1 aliphatic rings. The van der Waals surface area contributed by atoms with E-state index in [0.29, 0.717) is 5.69 Å². The normalized spacial score (nSPS) is 15.5. The summed E-state index contributed by atoms with van der Waals surface area (Å²) < 4.78 is 1.71. The highest BCUT2D eigenvalue weighted by molar-refractivity contribution is 5.94. The molecular weight excluding hydrogens is 354 g/mol. The van der Waals surface area contributed by atoms with Crippen LogP contribution in [0.4, 0.5) is 5.69 Å². The number of pyridine rings is 1. The summed E-state index contributed by atoms with van der Waals surface area (Å²) >= 11 is 0. The standard InChI is InChI=1S/C21H21N5O2/c1-13-18-10-16(12-22-21(18)25(3)24-13)23-20(28)11-19-17-7-5-4-6-15(17)8-9-26(19)14(2)27/h4-10,12,19H,11H2,1-3H3,(H,23,28). The van der Waals surface area contributed by atoms with Crippen molar-refractivity contribution in [3.63, 3.8) is 0 Å². The second-order valence-corrected chi connectivity index (χ2v) is 6.94. The number of rotatable bonds is 3. The summed E-state index contributed by atoms with van der Waals surface area (Å²) in [5.74, 6) is -0.276. The Balaban J connectivity index is 1.58. The van der Waals surface area contributed by atoms with Gasteiger partial charge in [-0.1, -0.05) is 24.3 Å². The van der Waals surface area contributed by atoms with Crippen LogP contribution in [0, 0.1) is 6.92 Å². The summed E-state index contributed by atoms with van der Waals surface area (Å²) in [7, 11) is 1.84. The first-order valence-electron chi connectivity index (χ1n) is 9.09. The molecule has 7 heteroatoms. The van der Waals surface area contributed by atoms with Crippen LogP contribution in [0.2, 0.25) is 0 Å². The molecule has 0 spiro atoms. The van der Waals surface area contributed by atoms with Crippen LogP contribution in [0.3, 0.4) is 0 Å². The fourth-order valence-electron chi connectivity index (χ4n) is 3.68. The lowest BCUT2D eigenvalue weighted by Gasteiger charge is -2.32. The van der Waals surface area contributed by atoms with Gasteiger partial charge in [0.25, 0.3) is 0 Å². The van der Waals surface area contributed by atoms with E-state index in [0.717, 1.165) is 27.9 Å². The first kappa shape index (κ1) is 17.9. The van der Waals surface area contributed by atoms with Crippen molar-refractivity contribution >= 4 is 34.6 Å². The van der Waals surface area contributed by atoms with Crippen LogP contribution in [0.25, 0.3) is 17.1 Å². The van der Waals surface area contributed by atoms with Gasteiger partial charge in [0, 0.05) is 25.6 Å². The van der Waals surface area contributed by atoms with E-state index in [4.69, 9.17) is 0 Å². The third-order valence-electron chi connectivity index (χ3n) is 4.99. The molecule has 28 heavy (non-hydrogen) atoms. The zero-order valence-corrected chi connectivity index (χ0v) is 16.0. The number of amides is 2. The first-order chi connectivity index (χ1) is 13.4. The van der Waals surface area contributed by atoms with E-state index in [1.807, 2.05) is 50.4 Å². The van der Waals surface area contributed by atoms with Gasteiger partial charge >= 0.3 is 0 Å². The highest BCUT2D eigenvalue weighted by Crippen LogP contribution is 2.33. The molecule has 0 fully saturated rings. The van der Waals surface area contributed by atoms with Gasteiger partial charge in [-0.2, -0.15) is 5.10 Å². The highest BCUT2D eigenvalue weighted by atomic mass is 16.2. The van der Waals surface area contributed by atoms with Gasteiger partial charge in [0.05, 0.1) is 30.0 Å². The number of aromatic nitrogens is 3. The van der Waals surface area contributed by atoms with Crippen LogP contribution in [-0.4, -0.2) is 31.5 Å². The monoisotopic (exact) mass is 375 g/mol. The molecule has 0 saturated carbocycles. The molecule has 1 N–H and O–H groups in total. The average molecular weight is 375 g/mol. The molecule has 1 atom stereocenters. The number of carbonyl (C=O) groups excluding carboxylic acids is 2. The highest BCUT2D eigenvalue weighted by Gasteiger charge is 2.28. The van der Waals surface area contributed by atoms with E-state index >= 15 is 0 Å². The number of aryl methyl sites for hydroxylation is 2. The fourth-order valence-corrected chi connectivity index (χ4v) is 3.68. The Labute approximate surface area is 162 Å². The Bertz CT molecular complexity index is 1120. The van der Waals surface area contributed by atoms with Gasteiger partial charge in [0.2, 0.25) is 11.8 Å². The smallest absolute Gasteiger partial charge is 0.226 e. The average Bonchev–Trinajstić information content (AvgIpc) is 2.95. The number of benzene rings is 1. The summed E-state index contributed by atoms with van der Waals surface area (Å²) in [6, 6.07) is 9.34. The van der Waals surface area contributed by atoms with Crippen molar-refractivity contribution in [2.75, 3.05) is 5.32 Å². The van der Waals surface area contributed by atoms with Crippen molar-refractivity contribution in [1.82, 2.24) is 19.7 Å². The second-order valence-electron chi connectivity index (χ2n) is 6.94. The molecule has 4 rings (SSSR count). The maximum atomic E-state index is 12.8. The minimum atomic E-state index is -0.337. The quantitative estimate of drug-likeness (QED) is 0.762. The summed E-state index contributed by atoms with van der Waals surface area (Å²) in [6.07, 6.45) is 5.42. The van der Waals surface area contributed by atoms with Crippen LogP contribution in [0.1, 0.15) is 36.2 Å². The van der Waals surface area contributed by atoms with Gasteiger partial charge in [-0.3, -0.25) is 14.3 Å². The number of nitrogens with zero attached hydrogens (tertiary/aromatic N) is 4. The van der Waals surface area contributed by atoms with E-state index in [1.165, 1.54) is 6.92 Å². The number of fused-ring (bicyclic) bond motifs is 2. The maximum absolute atomic E-state index is 12.8. The molecule has 0 aliphatic carbocycles. The molecule has 1 aliphatic heterocycles. The van der Waals surface area contributed by atoms with E-state index in [1.54, 1.807) is 22.0 Å². The van der Waals surface area contributed by atoms with Gasteiger partial charge in [0.1, 0.15) is 0 Å². The topological polar surface area (TPSA) is 80.1 Å². The molecule has 2 amide bonds. The lowest BCUT2D eigenvalue weighted by molar-refractivity contribution is -0.129. The Morgan fingerprint density at radius 2 is 2.04 bits per heavy atom. The van der Waals surface area contributed by atoms with Gasteiger partial charge in [-0.15, -0.1) is 0 Å². The summed E-state index contributed by atoms with van der Waals surface area (Å²) in [6.45, 7) is 3.41. The number of hydrogen-bond acceptors (Lipinski definition) is 4. The lowest BCUT2D eigenvalue weighted by Crippen LogP contribution is -2.33. The molecule has 0 bridgehead atoms. The van der Waals surface area contributed by atoms with Crippen LogP contribution >= 0.6 is 0 Å². The molecule has 0 radical (unpaired) electrons. The predicted octanol–water partition coefficient (Wildman–Crippen LogP) is 3.18. The van der Waals surface area contributed by atoms with E-state index in [-0.39, 0.29) is 24.3 Å². The number of anilines is 1. The van der Waals surface area contributed by atoms with Crippen molar-refractivity contribution in [3.05, 3.63) is 59.5 Å². The van der Waals surface area contributed by atoms with Crippen molar-refractivity contribution in [3.8, 4) is 0 Å². The van der Waals surface area contributed by atoms with Crippen LogP contribution < -0.4 is 5.32 Å². The van der Waals surface area contributed by atoms with Crippen molar-refractivity contribution in [2.45, 2.75) is 26.3 Å². The first-order valence-corrected chi connectivity index (χ1v) is 9.09. The number of hydrogen-bond donors (Lipinski definition) is 1. The second kappa shape index (κ2) is 6.92. The zero-order valence-electron chi connectivity index (χ0n) is 16.0. The van der Waals surface area contributed by atoms with Crippen LogP contribution in [0.5, 0.6) is 0 Å². The van der Waals surface area contributed by atoms with Crippen molar-refractivity contribution < 1.29 is 9.59 Å². The molecule has 7 nitrogen and oxygen atoms in total. The minimum absolute atomic E-state index is 0.0994. The van der Waals surface area contributed by atoms with E-state index in [2.05, 4.69) is 15.4 Å². The SMILES string of the molecule is CC(=O)N1C=Cc2ccccc2C1CC(=O)Nc1cnc2c(c1)c(C)nn2C. The Hall–Kier alpha value is -3.48. The number of carbonyl (C=O) groups is 2. The Morgan fingerprint density at radius 1 is 1.25 bits per heavy atom. The molecule has 2 aromatic heterocycles. The molecule has 3 heterocycles. The Kier molecular flexibility index (Phi) is 4.43.